The van der Waals surface area contributed by atoms with Crippen molar-refractivity contribution >= 4 is 28.5 Å². The molecule has 3 aromatic carbocycles. The Labute approximate surface area is 204 Å². The predicted molar refractivity (Wildman–Crippen MR) is 129 cm³/mol. The second-order valence-electron chi connectivity index (χ2n) is 7.73. The zero-order valence-electron chi connectivity index (χ0n) is 18.7. The highest BCUT2D eigenvalue weighted by Crippen LogP contribution is 2.49. The number of carbonyl (C=O) groups is 1. The minimum absolute atomic E-state index is 0.0863. The zero-order chi connectivity index (χ0) is 25.3. The summed E-state index contributed by atoms with van der Waals surface area (Å²) in [5.41, 5.74) is 0.0858. The first-order valence-corrected chi connectivity index (χ1v) is 10.8. The van der Waals surface area contributed by atoms with Crippen molar-refractivity contribution in [2.75, 3.05) is 14.2 Å². The average Bonchev–Trinajstić information content (AvgIpc) is 2.86. The Hall–Kier alpha value is -4.17. The maximum Gasteiger partial charge on any atom is 0.306 e. The first-order valence-electron chi connectivity index (χ1n) is 10.5. The first kappa shape index (κ1) is 24.0. The van der Waals surface area contributed by atoms with Gasteiger partial charge >= 0.3 is 5.97 Å². The third-order valence-electron chi connectivity index (χ3n) is 5.72. The van der Waals surface area contributed by atoms with Gasteiger partial charge in [0.05, 0.1) is 25.7 Å². The molecule has 0 aliphatic heterocycles. The lowest BCUT2D eigenvalue weighted by atomic mass is 9.86. The lowest BCUT2D eigenvalue weighted by Crippen LogP contribution is -2.12. The molecule has 0 saturated carbocycles. The number of hydrogen-bond acceptors (Lipinski definition) is 8. The van der Waals surface area contributed by atoms with Gasteiger partial charge in [-0.1, -0.05) is 48.0 Å². The Morgan fingerprint density at radius 1 is 1.00 bits per heavy atom. The summed E-state index contributed by atoms with van der Waals surface area (Å²) in [6.07, 6.45) is -0.300. The molecular weight excluding hydrogens is 476 g/mol. The Balaban J connectivity index is 2.08. The van der Waals surface area contributed by atoms with Crippen LogP contribution in [0.4, 0.5) is 0 Å². The minimum Gasteiger partial charge on any atom is -0.504 e. The molecule has 4 aromatic rings. The van der Waals surface area contributed by atoms with E-state index in [1.54, 1.807) is 42.5 Å². The fourth-order valence-corrected chi connectivity index (χ4v) is 4.24. The molecule has 0 radical (unpaired) electrons. The van der Waals surface area contributed by atoms with Crippen LogP contribution in [0, 0.1) is 0 Å². The van der Waals surface area contributed by atoms with Gasteiger partial charge in [0.1, 0.15) is 22.5 Å². The molecular formula is C26H21ClO8. The Bertz CT molecular complexity index is 1480. The molecule has 0 amide bonds. The number of phenolic OH excluding ortho intramolecular Hbond substituents is 3. The molecule has 0 bridgehead atoms. The van der Waals surface area contributed by atoms with Crippen LogP contribution in [0.2, 0.25) is 5.02 Å². The van der Waals surface area contributed by atoms with Crippen LogP contribution in [-0.2, 0) is 9.53 Å². The first-order chi connectivity index (χ1) is 16.8. The van der Waals surface area contributed by atoms with Gasteiger partial charge in [0.25, 0.3) is 0 Å². The number of aromatic hydroxyl groups is 3. The van der Waals surface area contributed by atoms with Gasteiger partial charge in [-0.2, -0.15) is 0 Å². The zero-order valence-corrected chi connectivity index (χ0v) is 19.5. The van der Waals surface area contributed by atoms with Gasteiger partial charge in [0.15, 0.2) is 16.9 Å². The maximum atomic E-state index is 13.0. The maximum absolute atomic E-state index is 13.0. The van der Waals surface area contributed by atoms with Gasteiger partial charge in [0, 0.05) is 23.1 Å². The summed E-state index contributed by atoms with van der Waals surface area (Å²) in [7, 11) is 2.66. The highest BCUT2D eigenvalue weighted by atomic mass is 35.5. The molecule has 9 heteroatoms. The van der Waals surface area contributed by atoms with E-state index in [4.69, 9.17) is 25.5 Å². The van der Waals surface area contributed by atoms with E-state index in [9.17, 15) is 24.9 Å². The quantitative estimate of drug-likeness (QED) is 0.253. The average molecular weight is 497 g/mol. The molecule has 0 aliphatic carbocycles. The van der Waals surface area contributed by atoms with Crippen molar-refractivity contribution in [2.45, 2.75) is 12.3 Å². The summed E-state index contributed by atoms with van der Waals surface area (Å²) in [5.74, 6) is -3.56. The lowest BCUT2D eigenvalue weighted by molar-refractivity contribution is -0.140. The second kappa shape index (κ2) is 9.60. The summed E-state index contributed by atoms with van der Waals surface area (Å²) in [5, 5.41) is 31.8. The molecule has 0 saturated heterocycles. The molecule has 1 aromatic heterocycles. The molecule has 0 spiro atoms. The van der Waals surface area contributed by atoms with Crippen LogP contribution in [0.15, 0.2) is 63.8 Å². The molecule has 3 N–H and O–H groups in total. The van der Waals surface area contributed by atoms with Gasteiger partial charge in [-0.15, -0.1) is 0 Å². The Kier molecular flexibility index (Phi) is 6.57. The monoisotopic (exact) mass is 496 g/mol. The number of benzene rings is 3. The number of fused-ring (bicyclic) bond motifs is 1. The minimum atomic E-state index is -0.978. The van der Waals surface area contributed by atoms with Crippen molar-refractivity contribution in [1.29, 1.82) is 0 Å². The SMILES string of the molecule is COC(=O)C[C@@H](c1ccc(OC)c(Cl)c1)c1c(O)c(O)c(O)c2c(=O)cc(-c3ccccc3)oc12. The fraction of sp³-hybridized carbons (Fsp3) is 0.154. The van der Waals surface area contributed by atoms with Gasteiger partial charge in [-0.3, -0.25) is 9.59 Å². The van der Waals surface area contributed by atoms with E-state index in [0.717, 1.165) is 0 Å². The number of phenols is 3. The molecule has 4 rings (SSSR count). The summed E-state index contributed by atoms with van der Waals surface area (Å²) in [6.45, 7) is 0. The van der Waals surface area contributed by atoms with Crippen LogP contribution in [0.5, 0.6) is 23.0 Å². The second-order valence-corrected chi connectivity index (χ2v) is 8.14. The smallest absolute Gasteiger partial charge is 0.306 e. The predicted octanol–water partition coefficient (Wildman–Crippen LogP) is 4.93. The van der Waals surface area contributed by atoms with E-state index in [0.29, 0.717) is 16.9 Å². The third-order valence-corrected chi connectivity index (χ3v) is 6.01. The van der Waals surface area contributed by atoms with Gasteiger partial charge in [-0.25, -0.2) is 0 Å². The lowest BCUT2D eigenvalue weighted by Gasteiger charge is -2.21. The highest BCUT2D eigenvalue weighted by Gasteiger charge is 2.31. The summed E-state index contributed by atoms with van der Waals surface area (Å²) in [4.78, 5) is 25.4. The molecule has 0 aliphatic rings. The van der Waals surface area contributed by atoms with Gasteiger partial charge in [0.2, 0.25) is 5.75 Å². The fourth-order valence-electron chi connectivity index (χ4n) is 3.98. The van der Waals surface area contributed by atoms with Gasteiger partial charge < -0.3 is 29.2 Å². The highest BCUT2D eigenvalue weighted by molar-refractivity contribution is 6.32. The molecule has 0 unspecified atom stereocenters. The summed E-state index contributed by atoms with van der Waals surface area (Å²) >= 11 is 6.31. The summed E-state index contributed by atoms with van der Waals surface area (Å²) in [6, 6.07) is 14.7. The van der Waals surface area contributed by atoms with Crippen molar-refractivity contribution < 1.29 is 34.0 Å². The third kappa shape index (κ3) is 4.36. The number of carbonyl (C=O) groups excluding carboxylic acids is 1. The van der Waals surface area contributed by atoms with Crippen LogP contribution >= 0.6 is 11.6 Å². The van der Waals surface area contributed by atoms with E-state index in [1.807, 2.05) is 0 Å². The van der Waals surface area contributed by atoms with Crippen molar-refractivity contribution in [1.82, 2.24) is 0 Å². The number of methoxy groups -OCH3 is 2. The largest absolute Gasteiger partial charge is 0.504 e. The molecule has 1 heterocycles. The van der Waals surface area contributed by atoms with Crippen LogP contribution in [0.25, 0.3) is 22.3 Å². The summed E-state index contributed by atoms with van der Waals surface area (Å²) < 4.78 is 16.1. The van der Waals surface area contributed by atoms with E-state index < -0.39 is 34.6 Å². The van der Waals surface area contributed by atoms with Crippen molar-refractivity contribution in [3.8, 4) is 34.3 Å². The number of ether oxygens (including phenoxy) is 2. The van der Waals surface area contributed by atoms with Crippen molar-refractivity contribution in [3.05, 3.63) is 81.0 Å². The van der Waals surface area contributed by atoms with Crippen molar-refractivity contribution in [3.63, 3.8) is 0 Å². The van der Waals surface area contributed by atoms with E-state index in [-0.39, 0.29) is 33.7 Å². The van der Waals surface area contributed by atoms with E-state index in [2.05, 4.69) is 0 Å². The topological polar surface area (TPSA) is 126 Å². The number of halogens is 1. The number of hydrogen-bond donors (Lipinski definition) is 3. The van der Waals surface area contributed by atoms with Crippen LogP contribution in [0.3, 0.4) is 0 Å². The van der Waals surface area contributed by atoms with Crippen LogP contribution in [0.1, 0.15) is 23.5 Å². The molecule has 1 atom stereocenters. The van der Waals surface area contributed by atoms with E-state index >= 15 is 0 Å². The van der Waals surface area contributed by atoms with Crippen LogP contribution < -0.4 is 10.2 Å². The Morgan fingerprint density at radius 3 is 2.34 bits per heavy atom. The number of esters is 1. The standard InChI is InChI=1S/C26H21ClO8/c1-33-18-9-8-14(10-16(18)27)15(11-20(29)34-2)21-23(30)25(32)24(31)22-17(28)12-19(35-26(21)22)13-6-4-3-5-7-13/h3-10,12,15,30-32H,11H2,1-2H3/t15-/m0/s1. The van der Waals surface area contributed by atoms with Crippen LogP contribution in [-0.4, -0.2) is 35.5 Å². The van der Waals surface area contributed by atoms with Gasteiger partial charge in [-0.05, 0) is 17.7 Å². The van der Waals surface area contributed by atoms with E-state index in [1.165, 1.54) is 26.4 Å². The molecule has 180 valence electrons. The molecule has 35 heavy (non-hydrogen) atoms. The molecule has 0 fully saturated rings. The Morgan fingerprint density at radius 2 is 1.71 bits per heavy atom. The number of rotatable bonds is 6. The van der Waals surface area contributed by atoms with Crippen molar-refractivity contribution in [2.24, 2.45) is 0 Å². The molecule has 8 nitrogen and oxygen atoms in total. The normalized spacial score (nSPS) is 11.9.